The topological polar surface area (TPSA) is 54.0 Å². The van der Waals surface area contributed by atoms with Gasteiger partial charge >= 0.3 is 0 Å². The smallest absolute Gasteiger partial charge is 0.263 e. The molecule has 0 aliphatic rings. The van der Waals surface area contributed by atoms with Gasteiger partial charge in [0.15, 0.2) is 0 Å². The van der Waals surface area contributed by atoms with E-state index in [0.29, 0.717) is 11.4 Å². The molecule has 0 saturated carbocycles. The van der Waals surface area contributed by atoms with E-state index in [9.17, 15) is 4.79 Å². The number of thiazole rings is 1. The number of aryl methyl sites for hydroxylation is 1. The molecule has 1 aromatic heterocycles. The average Bonchev–Trinajstić information content (AvgIpc) is 2.90. The van der Waals surface area contributed by atoms with E-state index in [1.54, 1.807) is 0 Å². The van der Waals surface area contributed by atoms with Crippen LogP contribution in [0, 0.1) is 6.92 Å². The molecule has 2 aromatic rings. The molecule has 5 heteroatoms. The highest BCUT2D eigenvalue weighted by molar-refractivity contribution is 7.14. The van der Waals surface area contributed by atoms with Crippen molar-refractivity contribution < 1.29 is 4.79 Å². The molecule has 1 aromatic carbocycles. The molecular formula is C16H21N3OS. The number of amides is 1. The lowest BCUT2D eigenvalue weighted by Gasteiger charge is -2.06. The van der Waals surface area contributed by atoms with Gasteiger partial charge in [-0.05, 0) is 19.9 Å². The molecule has 0 bridgehead atoms. The van der Waals surface area contributed by atoms with Crippen molar-refractivity contribution >= 4 is 17.2 Å². The predicted molar refractivity (Wildman–Crippen MR) is 87.8 cm³/mol. The molecule has 2 rings (SSSR count). The van der Waals surface area contributed by atoms with Crippen molar-refractivity contribution in [3.8, 4) is 11.3 Å². The van der Waals surface area contributed by atoms with E-state index in [-0.39, 0.29) is 5.91 Å². The molecule has 1 heterocycles. The summed E-state index contributed by atoms with van der Waals surface area (Å²) in [5.41, 5.74) is 1.76. The van der Waals surface area contributed by atoms with Gasteiger partial charge < -0.3 is 10.6 Å². The third-order valence-corrected chi connectivity index (χ3v) is 3.97. The lowest BCUT2D eigenvalue weighted by molar-refractivity contribution is 0.0958. The van der Waals surface area contributed by atoms with Crippen molar-refractivity contribution in [2.75, 3.05) is 19.6 Å². The Kier molecular flexibility index (Phi) is 5.90. The van der Waals surface area contributed by atoms with E-state index in [4.69, 9.17) is 0 Å². The van der Waals surface area contributed by atoms with E-state index in [1.165, 1.54) is 11.3 Å². The quantitative estimate of drug-likeness (QED) is 0.773. The van der Waals surface area contributed by atoms with Gasteiger partial charge in [0.2, 0.25) is 0 Å². The van der Waals surface area contributed by atoms with E-state index in [0.717, 1.165) is 35.8 Å². The highest BCUT2D eigenvalue weighted by Gasteiger charge is 2.17. The van der Waals surface area contributed by atoms with Crippen LogP contribution in [0.15, 0.2) is 30.3 Å². The fourth-order valence-electron chi connectivity index (χ4n) is 2.02. The monoisotopic (exact) mass is 303 g/mol. The largest absolute Gasteiger partial charge is 0.350 e. The number of nitrogens with one attached hydrogen (secondary N) is 2. The van der Waals surface area contributed by atoms with Crippen LogP contribution in [0.2, 0.25) is 0 Å². The molecule has 21 heavy (non-hydrogen) atoms. The van der Waals surface area contributed by atoms with Crippen LogP contribution in [0.3, 0.4) is 0 Å². The number of hydrogen-bond acceptors (Lipinski definition) is 4. The molecule has 0 saturated heterocycles. The maximum Gasteiger partial charge on any atom is 0.263 e. The third kappa shape index (κ3) is 4.37. The maximum absolute atomic E-state index is 12.3. The second-order valence-corrected chi connectivity index (χ2v) is 5.99. The Bertz CT molecular complexity index is 580. The SMILES string of the molecule is CCCNCCNC(=O)c1sc(C)nc1-c1ccccc1. The van der Waals surface area contributed by atoms with E-state index >= 15 is 0 Å². The van der Waals surface area contributed by atoms with Crippen molar-refractivity contribution in [2.24, 2.45) is 0 Å². The van der Waals surface area contributed by atoms with Crippen LogP contribution in [0.1, 0.15) is 28.0 Å². The summed E-state index contributed by atoms with van der Waals surface area (Å²) in [6, 6.07) is 9.84. The summed E-state index contributed by atoms with van der Waals surface area (Å²) in [5.74, 6) is -0.0437. The molecule has 1 amide bonds. The van der Waals surface area contributed by atoms with Gasteiger partial charge in [0, 0.05) is 18.7 Å². The fraction of sp³-hybridized carbons (Fsp3) is 0.375. The van der Waals surface area contributed by atoms with Crippen LogP contribution in [0.4, 0.5) is 0 Å². The van der Waals surface area contributed by atoms with Crippen molar-refractivity contribution in [1.82, 2.24) is 15.6 Å². The van der Waals surface area contributed by atoms with Crippen LogP contribution in [-0.2, 0) is 0 Å². The fourth-order valence-corrected chi connectivity index (χ4v) is 2.88. The molecule has 0 spiro atoms. The Morgan fingerprint density at radius 1 is 1.19 bits per heavy atom. The van der Waals surface area contributed by atoms with Crippen LogP contribution in [0.25, 0.3) is 11.3 Å². The number of carbonyl (C=O) groups is 1. The summed E-state index contributed by atoms with van der Waals surface area (Å²) in [6.45, 7) is 6.45. The molecule has 112 valence electrons. The third-order valence-electron chi connectivity index (χ3n) is 3.00. The summed E-state index contributed by atoms with van der Waals surface area (Å²) in [6.07, 6.45) is 1.10. The van der Waals surface area contributed by atoms with E-state index < -0.39 is 0 Å². The summed E-state index contributed by atoms with van der Waals surface area (Å²) in [7, 11) is 0. The molecular weight excluding hydrogens is 282 g/mol. The van der Waals surface area contributed by atoms with Gasteiger partial charge in [0.05, 0.1) is 10.7 Å². The minimum atomic E-state index is -0.0437. The highest BCUT2D eigenvalue weighted by atomic mass is 32.1. The molecule has 0 fully saturated rings. The molecule has 0 radical (unpaired) electrons. The van der Waals surface area contributed by atoms with Gasteiger partial charge in [-0.15, -0.1) is 11.3 Å². The Hall–Kier alpha value is -1.72. The zero-order valence-electron chi connectivity index (χ0n) is 12.5. The predicted octanol–water partition coefficient (Wildman–Crippen LogP) is 2.85. The molecule has 0 unspecified atom stereocenters. The summed E-state index contributed by atoms with van der Waals surface area (Å²) >= 11 is 1.44. The zero-order valence-corrected chi connectivity index (χ0v) is 13.3. The maximum atomic E-state index is 12.3. The standard InChI is InChI=1S/C16H21N3OS/c1-3-9-17-10-11-18-16(20)15-14(19-12(2)21-15)13-7-5-4-6-8-13/h4-8,17H,3,9-11H2,1-2H3,(H,18,20). The lowest BCUT2D eigenvalue weighted by atomic mass is 10.1. The average molecular weight is 303 g/mol. The minimum absolute atomic E-state index is 0.0437. The van der Waals surface area contributed by atoms with Gasteiger partial charge in [-0.25, -0.2) is 4.98 Å². The molecule has 4 nitrogen and oxygen atoms in total. The van der Waals surface area contributed by atoms with Crippen molar-refractivity contribution in [3.63, 3.8) is 0 Å². The van der Waals surface area contributed by atoms with Crippen LogP contribution < -0.4 is 10.6 Å². The molecule has 0 aliphatic heterocycles. The Morgan fingerprint density at radius 3 is 2.67 bits per heavy atom. The first-order valence-electron chi connectivity index (χ1n) is 7.24. The van der Waals surface area contributed by atoms with Gasteiger partial charge in [-0.1, -0.05) is 37.3 Å². The van der Waals surface area contributed by atoms with E-state index in [2.05, 4.69) is 22.5 Å². The number of carbonyl (C=O) groups excluding carboxylic acids is 1. The normalized spacial score (nSPS) is 10.6. The number of benzene rings is 1. The highest BCUT2D eigenvalue weighted by Crippen LogP contribution is 2.27. The summed E-state index contributed by atoms with van der Waals surface area (Å²) < 4.78 is 0. The first-order valence-corrected chi connectivity index (χ1v) is 8.05. The lowest BCUT2D eigenvalue weighted by Crippen LogP contribution is -2.31. The van der Waals surface area contributed by atoms with Crippen molar-refractivity contribution in [2.45, 2.75) is 20.3 Å². The Morgan fingerprint density at radius 2 is 1.95 bits per heavy atom. The summed E-state index contributed by atoms with van der Waals surface area (Å²) in [4.78, 5) is 17.5. The molecule has 0 atom stereocenters. The first-order chi connectivity index (χ1) is 10.2. The second kappa shape index (κ2) is 7.90. The van der Waals surface area contributed by atoms with Crippen LogP contribution in [-0.4, -0.2) is 30.5 Å². The van der Waals surface area contributed by atoms with Gasteiger partial charge in [0.25, 0.3) is 5.91 Å². The number of aromatic nitrogens is 1. The van der Waals surface area contributed by atoms with Gasteiger partial charge in [0.1, 0.15) is 4.88 Å². The van der Waals surface area contributed by atoms with E-state index in [1.807, 2.05) is 37.3 Å². The Balaban J connectivity index is 2.04. The van der Waals surface area contributed by atoms with Gasteiger partial charge in [-0.2, -0.15) is 0 Å². The van der Waals surface area contributed by atoms with Gasteiger partial charge in [-0.3, -0.25) is 4.79 Å². The Labute approximate surface area is 129 Å². The van der Waals surface area contributed by atoms with Crippen LogP contribution >= 0.6 is 11.3 Å². The zero-order chi connectivity index (χ0) is 15.1. The number of nitrogens with zero attached hydrogens (tertiary/aromatic N) is 1. The number of rotatable bonds is 7. The summed E-state index contributed by atoms with van der Waals surface area (Å²) in [5, 5.41) is 7.12. The van der Waals surface area contributed by atoms with Crippen molar-refractivity contribution in [1.29, 1.82) is 0 Å². The second-order valence-electron chi connectivity index (χ2n) is 4.78. The minimum Gasteiger partial charge on any atom is -0.350 e. The molecule has 2 N–H and O–H groups in total. The van der Waals surface area contributed by atoms with Crippen LogP contribution in [0.5, 0.6) is 0 Å². The molecule has 0 aliphatic carbocycles. The first kappa shape index (κ1) is 15.7. The van der Waals surface area contributed by atoms with Crippen molar-refractivity contribution in [3.05, 3.63) is 40.2 Å². The number of hydrogen-bond donors (Lipinski definition) is 2.